The van der Waals surface area contributed by atoms with Crippen molar-refractivity contribution in [1.29, 1.82) is 0 Å². The lowest BCUT2D eigenvalue weighted by Crippen LogP contribution is -2.61. The van der Waals surface area contributed by atoms with E-state index >= 15 is 0 Å². The minimum atomic E-state index is 0.236. The molecule has 1 aromatic rings. The summed E-state index contributed by atoms with van der Waals surface area (Å²) in [6.45, 7) is 2.25. The molecule has 0 radical (unpaired) electrons. The minimum Gasteiger partial charge on any atom is -0.321 e. The standard InChI is InChI=1S/C14H23N2/c1-16(2,3)14(10-7-11-15-12-14)13-8-5-4-6-9-13/h4-6,8-9,15H,7,10-12H2,1-3H3/q+1. The predicted octanol–water partition coefficient (Wildman–Crippen LogP) is 1.97. The second kappa shape index (κ2) is 4.19. The number of nitrogens with zero attached hydrogens (tertiary/aromatic N) is 1. The molecule has 2 rings (SSSR count). The Labute approximate surface area is 98.9 Å². The second-order valence-electron chi connectivity index (χ2n) is 5.69. The highest BCUT2D eigenvalue weighted by Gasteiger charge is 2.45. The van der Waals surface area contributed by atoms with Crippen LogP contribution in [0.25, 0.3) is 0 Å². The number of quaternary nitrogens is 1. The first kappa shape index (κ1) is 11.6. The molecule has 0 bridgehead atoms. The first-order chi connectivity index (χ1) is 7.56. The Bertz CT molecular complexity index is 332. The lowest BCUT2D eigenvalue weighted by Gasteiger charge is -2.49. The summed E-state index contributed by atoms with van der Waals surface area (Å²) >= 11 is 0. The third-order valence-electron chi connectivity index (χ3n) is 3.96. The highest BCUT2D eigenvalue weighted by molar-refractivity contribution is 5.23. The SMILES string of the molecule is C[N+](C)(C)C1(c2ccccc2)CCCNC1. The van der Waals surface area contributed by atoms with Gasteiger partial charge in [0.2, 0.25) is 0 Å². The lowest BCUT2D eigenvalue weighted by molar-refractivity contribution is -0.932. The van der Waals surface area contributed by atoms with Gasteiger partial charge in [-0.3, -0.25) is 0 Å². The molecule has 2 heteroatoms. The molecule has 1 saturated heterocycles. The molecule has 1 aromatic carbocycles. The minimum absolute atomic E-state index is 0.236. The van der Waals surface area contributed by atoms with Gasteiger partial charge in [0.25, 0.3) is 0 Å². The average molecular weight is 219 g/mol. The first-order valence-electron chi connectivity index (χ1n) is 6.14. The van der Waals surface area contributed by atoms with Crippen molar-refractivity contribution < 1.29 is 4.48 Å². The van der Waals surface area contributed by atoms with E-state index in [4.69, 9.17) is 0 Å². The van der Waals surface area contributed by atoms with Gasteiger partial charge in [-0.1, -0.05) is 30.3 Å². The van der Waals surface area contributed by atoms with Crippen molar-refractivity contribution in [2.24, 2.45) is 0 Å². The predicted molar refractivity (Wildman–Crippen MR) is 68.3 cm³/mol. The quantitative estimate of drug-likeness (QED) is 0.750. The molecule has 16 heavy (non-hydrogen) atoms. The Morgan fingerprint density at radius 2 is 1.81 bits per heavy atom. The van der Waals surface area contributed by atoms with Crippen LogP contribution in [-0.4, -0.2) is 38.7 Å². The van der Waals surface area contributed by atoms with Gasteiger partial charge in [0, 0.05) is 12.0 Å². The fourth-order valence-electron chi connectivity index (χ4n) is 2.84. The molecule has 0 spiro atoms. The van der Waals surface area contributed by atoms with E-state index in [-0.39, 0.29) is 5.54 Å². The molecule has 0 saturated carbocycles. The van der Waals surface area contributed by atoms with Crippen LogP contribution in [0.1, 0.15) is 18.4 Å². The van der Waals surface area contributed by atoms with E-state index in [9.17, 15) is 0 Å². The molecule has 1 unspecified atom stereocenters. The number of benzene rings is 1. The van der Waals surface area contributed by atoms with Gasteiger partial charge in [-0.15, -0.1) is 0 Å². The molecule has 1 atom stereocenters. The number of hydrogen-bond donors (Lipinski definition) is 1. The van der Waals surface area contributed by atoms with Gasteiger partial charge in [-0.2, -0.15) is 0 Å². The summed E-state index contributed by atoms with van der Waals surface area (Å²) in [6, 6.07) is 11.0. The smallest absolute Gasteiger partial charge is 0.137 e. The van der Waals surface area contributed by atoms with E-state index in [1.807, 2.05) is 0 Å². The van der Waals surface area contributed by atoms with Gasteiger partial charge < -0.3 is 9.80 Å². The van der Waals surface area contributed by atoms with E-state index in [1.54, 1.807) is 0 Å². The van der Waals surface area contributed by atoms with Crippen LogP contribution in [-0.2, 0) is 5.54 Å². The molecule has 1 N–H and O–H groups in total. The second-order valence-corrected chi connectivity index (χ2v) is 5.69. The molecule has 1 aliphatic heterocycles. The summed E-state index contributed by atoms with van der Waals surface area (Å²) in [6.07, 6.45) is 2.54. The fraction of sp³-hybridized carbons (Fsp3) is 0.571. The maximum atomic E-state index is 3.57. The zero-order valence-corrected chi connectivity index (χ0v) is 10.7. The van der Waals surface area contributed by atoms with Crippen molar-refractivity contribution in [3.8, 4) is 0 Å². The molecule has 88 valence electrons. The fourth-order valence-corrected chi connectivity index (χ4v) is 2.84. The van der Waals surface area contributed by atoms with Crippen LogP contribution in [0.2, 0.25) is 0 Å². The Morgan fingerprint density at radius 1 is 1.12 bits per heavy atom. The van der Waals surface area contributed by atoms with Crippen molar-refractivity contribution in [1.82, 2.24) is 5.32 Å². The van der Waals surface area contributed by atoms with Gasteiger partial charge in [0.05, 0.1) is 27.7 Å². The Hall–Kier alpha value is -0.860. The van der Waals surface area contributed by atoms with Crippen LogP contribution in [0.3, 0.4) is 0 Å². The highest BCUT2D eigenvalue weighted by Crippen LogP contribution is 2.36. The van der Waals surface area contributed by atoms with Crippen LogP contribution in [0.15, 0.2) is 30.3 Å². The summed E-state index contributed by atoms with van der Waals surface area (Å²) in [5.41, 5.74) is 1.70. The number of hydrogen-bond acceptors (Lipinski definition) is 1. The van der Waals surface area contributed by atoms with Gasteiger partial charge in [0.15, 0.2) is 0 Å². The van der Waals surface area contributed by atoms with E-state index in [0.29, 0.717) is 0 Å². The van der Waals surface area contributed by atoms with Gasteiger partial charge >= 0.3 is 0 Å². The van der Waals surface area contributed by atoms with Crippen molar-refractivity contribution in [3.05, 3.63) is 35.9 Å². The highest BCUT2D eigenvalue weighted by atomic mass is 15.4. The third-order valence-corrected chi connectivity index (χ3v) is 3.96. The topological polar surface area (TPSA) is 12.0 Å². The zero-order valence-electron chi connectivity index (χ0n) is 10.7. The summed E-state index contributed by atoms with van der Waals surface area (Å²) in [5.74, 6) is 0. The molecular formula is C14H23N2+. The molecule has 2 nitrogen and oxygen atoms in total. The lowest BCUT2D eigenvalue weighted by atomic mass is 9.80. The van der Waals surface area contributed by atoms with Crippen LogP contribution < -0.4 is 5.32 Å². The van der Waals surface area contributed by atoms with Crippen LogP contribution in [0, 0.1) is 0 Å². The van der Waals surface area contributed by atoms with Crippen LogP contribution in [0.5, 0.6) is 0 Å². The summed E-state index contributed by atoms with van der Waals surface area (Å²) in [5, 5.41) is 3.57. The number of piperidine rings is 1. The largest absolute Gasteiger partial charge is 0.321 e. The summed E-state index contributed by atoms with van der Waals surface area (Å²) < 4.78 is 0.990. The molecular weight excluding hydrogens is 196 g/mol. The van der Waals surface area contributed by atoms with Gasteiger partial charge in [-0.05, 0) is 13.0 Å². The molecule has 0 aromatic heterocycles. The number of likely N-dealkylation sites (N-methyl/N-ethyl adjacent to an activating group) is 1. The molecule has 0 amide bonds. The first-order valence-corrected chi connectivity index (χ1v) is 6.14. The van der Waals surface area contributed by atoms with E-state index in [2.05, 4.69) is 56.8 Å². The molecule has 1 aliphatic rings. The Balaban J connectivity index is 2.42. The Morgan fingerprint density at radius 3 is 2.31 bits per heavy atom. The van der Waals surface area contributed by atoms with Crippen LogP contribution in [0.4, 0.5) is 0 Å². The zero-order chi connectivity index (χ0) is 11.6. The molecule has 1 fully saturated rings. The maximum Gasteiger partial charge on any atom is 0.137 e. The maximum absolute atomic E-state index is 3.57. The molecule has 1 heterocycles. The van der Waals surface area contributed by atoms with Crippen LogP contribution >= 0.6 is 0 Å². The summed E-state index contributed by atoms with van der Waals surface area (Å²) in [7, 11) is 6.92. The Kier molecular flexibility index (Phi) is 3.04. The number of nitrogens with one attached hydrogen (secondary N) is 1. The van der Waals surface area contributed by atoms with Crippen molar-refractivity contribution in [2.75, 3.05) is 34.2 Å². The summed E-state index contributed by atoms with van der Waals surface area (Å²) in [4.78, 5) is 0. The third kappa shape index (κ3) is 1.87. The van der Waals surface area contributed by atoms with Crippen molar-refractivity contribution in [3.63, 3.8) is 0 Å². The molecule has 0 aliphatic carbocycles. The van der Waals surface area contributed by atoms with Crippen molar-refractivity contribution >= 4 is 0 Å². The number of rotatable bonds is 2. The van der Waals surface area contributed by atoms with Crippen molar-refractivity contribution in [2.45, 2.75) is 18.4 Å². The van der Waals surface area contributed by atoms with E-state index in [0.717, 1.165) is 17.6 Å². The van der Waals surface area contributed by atoms with E-state index < -0.39 is 0 Å². The average Bonchev–Trinajstić information content (AvgIpc) is 2.30. The normalized spacial score (nSPS) is 26.7. The van der Waals surface area contributed by atoms with Gasteiger partial charge in [0.1, 0.15) is 5.54 Å². The monoisotopic (exact) mass is 219 g/mol. The van der Waals surface area contributed by atoms with Gasteiger partial charge in [-0.25, -0.2) is 0 Å². The van der Waals surface area contributed by atoms with E-state index in [1.165, 1.54) is 18.4 Å².